The molecular formula is C52H46N4. The van der Waals surface area contributed by atoms with Crippen LogP contribution in [0.5, 0.6) is 0 Å². The first kappa shape index (κ1) is 35.2. The van der Waals surface area contributed by atoms with Crippen LogP contribution in [0.2, 0.25) is 0 Å². The molecule has 3 aromatic heterocycles. The van der Waals surface area contributed by atoms with Gasteiger partial charge in [-0.2, -0.15) is 0 Å². The predicted molar refractivity (Wildman–Crippen MR) is 238 cm³/mol. The minimum Gasteiger partial charge on any atom is -0.354 e. The molecule has 0 aliphatic carbocycles. The first-order chi connectivity index (χ1) is 27.0. The number of hydrogen-bond donors (Lipinski definition) is 2. The van der Waals surface area contributed by atoms with Crippen LogP contribution in [-0.2, 0) is 0 Å². The topological polar surface area (TPSA) is 57.4 Å². The highest BCUT2D eigenvalue weighted by Gasteiger charge is 2.20. The van der Waals surface area contributed by atoms with E-state index in [0.29, 0.717) is 0 Å². The van der Waals surface area contributed by atoms with Gasteiger partial charge in [0.25, 0.3) is 0 Å². The summed E-state index contributed by atoms with van der Waals surface area (Å²) in [4.78, 5) is 18.8. The van der Waals surface area contributed by atoms with E-state index in [1.165, 1.54) is 44.5 Å². The molecule has 9 rings (SSSR count). The van der Waals surface area contributed by atoms with E-state index in [4.69, 9.17) is 9.97 Å². The Balaban J connectivity index is 1.48. The van der Waals surface area contributed by atoms with Crippen LogP contribution >= 0.6 is 0 Å². The van der Waals surface area contributed by atoms with Crippen molar-refractivity contribution in [3.63, 3.8) is 0 Å². The van der Waals surface area contributed by atoms with Crippen molar-refractivity contribution in [2.75, 3.05) is 0 Å². The number of H-pyrrole nitrogens is 2. The van der Waals surface area contributed by atoms with Crippen molar-refractivity contribution in [3.8, 4) is 44.5 Å². The first-order valence-corrected chi connectivity index (χ1v) is 19.5. The molecule has 5 heterocycles. The van der Waals surface area contributed by atoms with Gasteiger partial charge in [0.2, 0.25) is 0 Å². The van der Waals surface area contributed by atoms with Gasteiger partial charge in [0, 0.05) is 44.3 Å². The molecule has 2 aliphatic rings. The second-order valence-electron chi connectivity index (χ2n) is 15.7. The van der Waals surface area contributed by atoms with Crippen LogP contribution in [0.3, 0.4) is 0 Å². The average molecular weight is 727 g/mol. The van der Waals surface area contributed by atoms with Gasteiger partial charge in [-0.25, -0.2) is 9.97 Å². The van der Waals surface area contributed by atoms with Gasteiger partial charge in [0.15, 0.2) is 0 Å². The SMILES string of the molecule is Cc1ccc(-c2c3nc(c(-c4ccc(C)c(C)c4)c4ccc([nH]4)c(-c4ccc(C)c(C)c4)c4nc(c(-c5ccc(C)c(C)c5)c5ccc2[nH]5)C=C4)C=C3)cc1C. The van der Waals surface area contributed by atoms with Crippen LogP contribution in [0.15, 0.2) is 97.1 Å². The van der Waals surface area contributed by atoms with E-state index >= 15 is 0 Å². The summed E-state index contributed by atoms with van der Waals surface area (Å²) in [6.45, 7) is 17.4. The Hall–Kier alpha value is -6.52. The number of nitrogens with zero attached hydrogens (tertiary/aromatic N) is 2. The van der Waals surface area contributed by atoms with Crippen LogP contribution in [0.1, 0.15) is 67.3 Å². The van der Waals surface area contributed by atoms with Gasteiger partial charge in [-0.3, -0.25) is 0 Å². The maximum atomic E-state index is 5.50. The lowest BCUT2D eigenvalue weighted by atomic mass is 9.99. The highest BCUT2D eigenvalue weighted by molar-refractivity contribution is 6.00. The standard InChI is InChI=1S/C52H46N4/c1-29-9-13-37(25-33(29)5)49-41-17-19-43(53-41)50(38-14-10-30(2)34(6)26-38)45-21-23-47(55-45)52(40-16-12-32(4)36(8)28-40)48-24-22-46(56-48)51(44-20-18-42(49)54-44)39-15-11-31(3)35(7)27-39/h9-28,53,56H,1-8H3. The molecule has 0 spiro atoms. The molecule has 0 saturated carbocycles. The fraction of sp³-hybridized carbons (Fsp3) is 0.154. The maximum absolute atomic E-state index is 5.50. The maximum Gasteiger partial charge on any atom is 0.0737 e. The predicted octanol–water partition coefficient (Wildman–Crippen LogP) is 13.8. The molecule has 2 aliphatic heterocycles. The molecule has 8 bridgehead atoms. The Labute approximate surface area is 329 Å². The van der Waals surface area contributed by atoms with Crippen molar-refractivity contribution in [2.24, 2.45) is 0 Å². The summed E-state index contributed by atoms with van der Waals surface area (Å²) in [6.07, 6.45) is 8.70. The summed E-state index contributed by atoms with van der Waals surface area (Å²) in [5.74, 6) is 0. The third-order valence-corrected chi connectivity index (χ3v) is 11.9. The molecule has 56 heavy (non-hydrogen) atoms. The Morgan fingerprint density at radius 2 is 0.518 bits per heavy atom. The molecule has 4 aromatic carbocycles. The second-order valence-corrected chi connectivity index (χ2v) is 15.7. The van der Waals surface area contributed by atoms with E-state index in [2.05, 4.69) is 187 Å². The number of hydrogen-bond acceptors (Lipinski definition) is 2. The highest BCUT2D eigenvalue weighted by atomic mass is 14.8. The zero-order valence-electron chi connectivity index (χ0n) is 33.4. The Kier molecular flexibility index (Phi) is 8.58. The second kappa shape index (κ2) is 13.6. The summed E-state index contributed by atoms with van der Waals surface area (Å²) in [5.41, 5.74) is 26.4. The van der Waals surface area contributed by atoms with Crippen molar-refractivity contribution in [1.29, 1.82) is 0 Å². The summed E-state index contributed by atoms with van der Waals surface area (Å²) in [6, 6.07) is 35.7. The number of fused-ring (bicyclic) bond motifs is 8. The van der Waals surface area contributed by atoms with Gasteiger partial charge < -0.3 is 9.97 Å². The minimum atomic E-state index is 0.917. The number of nitrogens with one attached hydrogen (secondary N) is 2. The quantitative estimate of drug-likeness (QED) is 0.190. The Morgan fingerprint density at radius 3 is 0.732 bits per heavy atom. The van der Waals surface area contributed by atoms with Gasteiger partial charge in [-0.1, -0.05) is 72.8 Å². The van der Waals surface area contributed by atoms with Gasteiger partial charge in [-0.15, -0.1) is 0 Å². The number of aromatic nitrogens is 4. The van der Waals surface area contributed by atoms with Gasteiger partial charge in [-0.05, 0) is 171 Å². The van der Waals surface area contributed by atoms with E-state index in [1.807, 2.05) is 0 Å². The number of aryl methyl sites for hydroxylation is 8. The number of aromatic amines is 2. The van der Waals surface area contributed by atoms with Crippen LogP contribution < -0.4 is 0 Å². The summed E-state index contributed by atoms with van der Waals surface area (Å²) < 4.78 is 0. The molecule has 4 nitrogen and oxygen atoms in total. The highest BCUT2D eigenvalue weighted by Crippen LogP contribution is 2.39. The molecule has 274 valence electrons. The Morgan fingerprint density at radius 1 is 0.286 bits per heavy atom. The third kappa shape index (κ3) is 6.12. The first-order valence-electron chi connectivity index (χ1n) is 19.5. The zero-order chi connectivity index (χ0) is 38.8. The van der Waals surface area contributed by atoms with E-state index in [0.717, 1.165) is 89.4 Å². The van der Waals surface area contributed by atoms with E-state index in [-0.39, 0.29) is 0 Å². The summed E-state index contributed by atoms with van der Waals surface area (Å²) >= 11 is 0. The lowest BCUT2D eigenvalue weighted by Crippen LogP contribution is -1.91. The van der Waals surface area contributed by atoms with Crippen LogP contribution in [0.25, 0.3) is 90.9 Å². The normalized spacial score (nSPS) is 12.1. The molecule has 0 saturated heterocycles. The molecule has 0 fully saturated rings. The van der Waals surface area contributed by atoms with E-state index in [9.17, 15) is 0 Å². The smallest absolute Gasteiger partial charge is 0.0737 e. The van der Waals surface area contributed by atoms with Crippen LogP contribution in [0.4, 0.5) is 0 Å². The average Bonchev–Trinajstić information content (AvgIpc) is 4.02. The molecule has 2 N–H and O–H groups in total. The monoisotopic (exact) mass is 726 g/mol. The summed E-state index contributed by atoms with van der Waals surface area (Å²) in [5, 5.41) is 0. The van der Waals surface area contributed by atoms with Crippen molar-refractivity contribution < 1.29 is 0 Å². The molecule has 0 amide bonds. The van der Waals surface area contributed by atoms with Gasteiger partial charge >= 0.3 is 0 Å². The summed E-state index contributed by atoms with van der Waals surface area (Å²) in [7, 11) is 0. The molecular weight excluding hydrogens is 681 g/mol. The molecule has 0 atom stereocenters. The van der Waals surface area contributed by atoms with E-state index < -0.39 is 0 Å². The molecule has 0 radical (unpaired) electrons. The van der Waals surface area contributed by atoms with Gasteiger partial charge in [0.1, 0.15) is 0 Å². The lowest BCUT2D eigenvalue weighted by molar-refractivity contribution is 1.29. The van der Waals surface area contributed by atoms with Crippen molar-refractivity contribution in [1.82, 2.24) is 19.9 Å². The lowest BCUT2D eigenvalue weighted by Gasteiger charge is -2.10. The van der Waals surface area contributed by atoms with Crippen molar-refractivity contribution in [2.45, 2.75) is 55.4 Å². The largest absolute Gasteiger partial charge is 0.354 e. The Bertz CT molecular complexity index is 2600. The number of rotatable bonds is 4. The van der Waals surface area contributed by atoms with E-state index in [1.54, 1.807) is 0 Å². The fourth-order valence-electron chi connectivity index (χ4n) is 8.01. The van der Waals surface area contributed by atoms with Crippen LogP contribution in [0, 0.1) is 55.4 Å². The van der Waals surface area contributed by atoms with Crippen molar-refractivity contribution in [3.05, 3.63) is 164 Å². The minimum absolute atomic E-state index is 0.917. The molecule has 7 aromatic rings. The number of benzene rings is 4. The molecule has 4 heteroatoms. The zero-order valence-corrected chi connectivity index (χ0v) is 33.4. The van der Waals surface area contributed by atoms with Gasteiger partial charge in [0.05, 0.1) is 22.8 Å². The third-order valence-electron chi connectivity index (χ3n) is 11.9. The van der Waals surface area contributed by atoms with Crippen LogP contribution in [-0.4, -0.2) is 19.9 Å². The van der Waals surface area contributed by atoms with Crippen molar-refractivity contribution >= 4 is 46.4 Å². The fourth-order valence-corrected chi connectivity index (χ4v) is 8.01. The molecule has 0 unspecified atom stereocenters.